The van der Waals surface area contributed by atoms with E-state index < -0.39 is 0 Å². The van der Waals surface area contributed by atoms with Gasteiger partial charge in [-0.1, -0.05) is 285 Å². The predicted molar refractivity (Wildman–Crippen MR) is 357 cm³/mol. The van der Waals surface area contributed by atoms with Crippen molar-refractivity contribution in [3.05, 3.63) is 99.3 Å². The maximum atomic E-state index is 12.5. The van der Waals surface area contributed by atoms with Crippen LogP contribution in [0.15, 0.2) is 35.4 Å². The fourth-order valence-corrected chi connectivity index (χ4v) is 11.5. The first kappa shape index (κ1) is 77.6. The molecule has 0 unspecified atom stereocenters. The summed E-state index contributed by atoms with van der Waals surface area (Å²) in [5.74, 6) is 7.29. The van der Waals surface area contributed by atoms with Crippen LogP contribution < -0.4 is 0 Å². The van der Waals surface area contributed by atoms with Crippen molar-refractivity contribution in [3.63, 3.8) is 0 Å². The third-order valence-electron chi connectivity index (χ3n) is 16.9. The first-order chi connectivity index (χ1) is 38.6. The van der Waals surface area contributed by atoms with E-state index in [0.29, 0.717) is 0 Å². The molecule has 2 aromatic carbocycles. The molecule has 0 fully saturated rings. The Morgan fingerprint density at radius 3 is 1.07 bits per heavy atom. The molecule has 0 saturated carbocycles. The number of allylic oxidation sites excluding steroid dienone is 2. The van der Waals surface area contributed by atoms with Gasteiger partial charge in [-0.3, -0.25) is 0 Å². The molecule has 3 rings (SSSR count). The van der Waals surface area contributed by atoms with Gasteiger partial charge in [0, 0.05) is 23.1 Å². The zero-order valence-corrected chi connectivity index (χ0v) is 56.2. The van der Waals surface area contributed by atoms with Crippen LogP contribution in [0.4, 0.5) is 0 Å². The molecule has 0 aliphatic carbocycles. The van der Waals surface area contributed by atoms with Crippen LogP contribution in [0.2, 0.25) is 0 Å². The van der Waals surface area contributed by atoms with Crippen molar-refractivity contribution in [3.8, 4) is 11.8 Å². The Morgan fingerprint density at radius 1 is 0.375 bits per heavy atom. The summed E-state index contributed by atoms with van der Waals surface area (Å²) in [5, 5.41) is 0. The molecule has 1 heterocycles. The molecule has 2 aromatic rings. The molecule has 0 bridgehead atoms. The van der Waals surface area contributed by atoms with Crippen molar-refractivity contribution in [1.82, 2.24) is 0 Å². The topological polar surface area (TPSA) is 25.3 Å². The van der Waals surface area contributed by atoms with Crippen molar-refractivity contribution >= 4 is 11.4 Å². The Balaban J connectivity index is 0.00000176. The van der Waals surface area contributed by atoms with E-state index in [-0.39, 0.29) is 16.5 Å². The molecule has 0 spiro atoms. The quantitative estimate of drug-likeness (QED) is 0.0208. The minimum atomic E-state index is 0. The summed E-state index contributed by atoms with van der Waals surface area (Å²) in [7, 11) is 0. The predicted octanol–water partition coefficient (Wildman–Crippen LogP) is 26.4. The number of aryl methyl sites for hydroxylation is 4. The van der Waals surface area contributed by atoms with Gasteiger partial charge in [0.15, 0.2) is 0 Å². The smallest absolute Gasteiger partial charge is 0.493 e. The molecule has 1 aliphatic heterocycles. The first-order valence-electron chi connectivity index (χ1n) is 34.9. The Labute approximate surface area is 511 Å². The van der Waals surface area contributed by atoms with Crippen LogP contribution in [0.5, 0.6) is 0 Å². The molecule has 2 nitrogen and oxygen atoms in total. The van der Waals surface area contributed by atoms with Crippen molar-refractivity contribution in [1.29, 1.82) is 0 Å². The van der Waals surface area contributed by atoms with Gasteiger partial charge in [0.05, 0.1) is 0 Å². The summed E-state index contributed by atoms with van der Waals surface area (Å²) < 4.78 is 1.56. The van der Waals surface area contributed by atoms with Crippen LogP contribution in [0.25, 0.3) is 16.9 Å². The minimum absolute atomic E-state index is 0. The van der Waals surface area contributed by atoms with Gasteiger partial charge in [-0.05, 0) is 136 Å². The van der Waals surface area contributed by atoms with Gasteiger partial charge in [0.1, 0.15) is 5.57 Å². The van der Waals surface area contributed by atoms with Gasteiger partial charge in [-0.25, -0.2) is 4.70 Å². The molecule has 80 heavy (non-hydrogen) atoms. The summed E-state index contributed by atoms with van der Waals surface area (Å²) in [6.07, 6.45) is 61.4. The fourth-order valence-electron chi connectivity index (χ4n) is 11.5. The van der Waals surface area contributed by atoms with Crippen molar-refractivity contribution < 1.29 is 21.2 Å². The summed E-state index contributed by atoms with van der Waals surface area (Å²) in [5.41, 5.74) is 27.4. The maximum Gasteiger partial charge on any atom is 2.00 e. The number of benzene rings is 2. The summed E-state index contributed by atoms with van der Waals surface area (Å²) >= 11 is 0. The monoisotopic (exact) mass is 1140 g/mol. The zero-order valence-electron chi connectivity index (χ0n) is 55.2. The van der Waals surface area contributed by atoms with Crippen LogP contribution in [-0.2, 0) is 35.8 Å². The summed E-state index contributed by atoms with van der Waals surface area (Å²) in [6.45, 7) is 30.4. The Morgan fingerprint density at radius 2 is 0.700 bits per heavy atom. The minimum Gasteiger partial charge on any atom is -0.493 e. The standard InChI is InChI=1S/C49H74N2.2C14H29.Ni/c1-9-14-19-23-24-28-33-47-46(31-18-13-5)49(51(50)48(47)43-34-38(6)40(8)39(7)35-43)44-36-41(29-25-20-15-10-2)45(32-27-22-17-12-4)42(37-44)30-26-21-16-11-3;2*1-3-5-7-9-11-13-14-12-10-8-6-4-2;/h34-37H,9-27,29-32H2,1-8H3;2*1,3-14H2,2H3;/q;2*-1;+2. The van der Waals surface area contributed by atoms with Gasteiger partial charge in [-0.15, -0.1) is 0 Å². The zero-order chi connectivity index (χ0) is 58.0. The average Bonchev–Trinajstić information content (AvgIpc) is 4.01. The van der Waals surface area contributed by atoms with E-state index in [1.165, 1.54) is 283 Å². The Hall–Kier alpha value is -2.43. The van der Waals surface area contributed by atoms with E-state index in [2.05, 4.69) is 119 Å². The molecule has 460 valence electrons. The van der Waals surface area contributed by atoms with Crippen LogP contribution >= 0.6 is 0 Å². The molecule has 3 heteroatoms. The van der Waals surface area contributed by atoms with Gasteiger partial charge >= 0.3 is 16.5 Å². The number of nitrogens with zero attached hydrogens (tertiary/aromatic N) is 2. The van der Waals surface area contributed by atoms with E-state index >= 15 is 0 Å². The molecule has 0 amide bonds. The number of hydrogen-bond acceptors (Lipinski definition) is 0. The van der Waals surface area contributed by atoms with Crippen LogP contribution in [-0.4, -0.2) is 4.70 Å². The molecular formula is C77H132N2Ni. The van der Waals surface area contributed by atoms with Crippen molar-refractivity contribution in [2.45, 2.75) is 371 Å². The normalized spacial score (nSPS) is 12.1. The molecule has 0 saturated heterocycles. The van der Waals surface area contributed by atoms with Gasteiger partial charge < -0.3 is 19.4 Å². The number of hydrogen-bond donors (Lipinski definition) is 0. The van der Waals surface area contributed by atoms with Gasteiger partial charge in [0.2, 0.25) is 11.4 Å². The largest absolute Gasteiger partial charge is 2.00 e. The maximum absolute atomic E-state index is 12.5. The third kappa shape index (κ3) is 35.0. The van der Waals surface area contributed by atoms with Crippen LogP contribution in [0.3, 0.4) is 0 Å². The molecule has 0 radical (unpaired) electrons. The van der Waals surface area contributed by atoms with Gasteiger partial charge in [-0.2, -0.15) is 12.8 Å². The number of unbranched alkanes of at least 4 members (excludes halogenated alkanes) is 36. The molecular weight excluding hydrogens is 1010 g/mol. The second-order valence-electron chi connectivity index (χ2n) is 24.3. The fraction of sp³-hybridized carbons (Fsp3) is 0.740. The van der Waals surface area contributed by atoms with Gasteiger partial charge in [0.25, 0.3) is 0 Å². The molecule has 0 N–H and O–H groups in total. The number of rotatable bonds is 46. The van der Waals surface area contributed by atoms with E-state index in [1.54, 1.807) is 10.3 Å². The SMILES string of the molecule is CCCCCCC#CC1=C(c2cc(C)c(C)c(C)c2)[N+](=[N-])C(c2cc(CCCCCC)c(CCCCCC)c(CCCCCC)c2)=C1CCCC.[CH2-]CCCCCCCCCCCCC.[CH2-]CCCCCCCCCCCCC.[Ni+2]. The van der Waals surface area contributed by atoms with Crippen molar-refractivity contribution in [2.24, 2.45) is 0 Å². The van der Waals surface area contributed by atoms with Crippen LogP contribution in [0, 0.1) is 46.5 Å². The molecule has 0 atom stereocenters. The first-order valence-corrected chi connectivity index (χ1v) is 34.9. The summed E-state index contributed by atoms with van der Waals surface area (Å²) in [6, 6.07) is 9.51. The second kappa shape index (κ2) is 54.5. The molecule has 0 aromatic heterocycles. The third-order valence-corrected chi connectivity index (χ3v) is 16.9. The Kier molecular flexibility index (Phi) is 52.9. The van der Waals surface area contributed by atoms with E-state index in [9.17, 15) is 5.53 Å². The Bertz CT molecular complexity index is 1830. The van der Waals surface area contributed by atoms with E-state index in [1.807, 2.05) is 0 Å². The van der Waals surface area contributed by atoms with Crippen molar-refractivity contribution in [2.75, 3.05) is 0 Å². The second-order valence-corrected chi connectivity index (χ2v) is 24.3. The summed E-state index contributed by atoms with van der Waals surface area (Å²) in [4.78, 5) is 0. The van der Waals surface area contributed by atoms with E-state index in [4.69, 9.17) is 0 Å². The average molecular weight is 1140 g/mol. The van der Waals surface area contributed by atoms with E-state index in [0.717, 1.165) is 80.3 Å². The van der Waals surface area contributed by atoms with Crippen LogP contribution in [0.1, 0.15) is 375 Å². The molecule has 1 aliphatic rings.